The molecule has 9 heteroatoms. The van der Waals surface area contributed by atoms with Gasteiger partial charge in [0, 0.05) is 13.1 Å². The van der Waals surface area contributed by atoms with Gasteiger partial charge in [0.05, 0.1) is 11.0 Å². The van der Waals surface area contributed by atoms with Gasteiger partial charge in [-0.25, -0.2) is 9.78 Å². The molecule has 4 rings (SSSR count). The third-order valence-electron chi connectivity index (χ3n) is 7.24. The van der Waals surface area contributed by atoms with Crippen LogP contribution in [-0.4, -0.2) is 68.9 Å². The number of hydrogen-bond acceptors (Lipinski definition) is 5. The Hall–Kier alpha value is -2.94. The molecule has 1 aliphatic heterocycles. The van der Waals surface area contributed by atoms with Crippen molar-refractivity contribution in [3.63, 3.8) is 0 Å². The average molecular weight is 455 g/mol. The van der Waals surface area contributed by atoms with Crippen molar-refractivity contribution in [1.29, 1.82) is 0 Å². The van der Waals surface area contributed by atoms with Gasteiger partial charge in [0.15, 0.2) is 0 Å². The number of imidazole rings is 1. The van der Waals surface area contributed by atoms with Crippen molar-refractivity contribution < 1.29 is 14.4 Å². The Morgan fingerprint density at radius 1 is 1.24 bits per heavy atom. The van der Waals surface area contributed by atoms with Gasteiger partial charge in [-0.2, -0.15) is 0 Å². The number of carbonyl (C=O) groups excluding carboxylic acids is 3. The summed E-state index contributed by atoms with van der Waals surface area (Å²) < 4.78 is 1.99. The highest BCUT2D eigenvalue weighted by atomic mass is 16.2. The van der Waals surface area contributed by atoms with Crippen molar-refractivity contribution in [3.05, 3.63) is 24.3 Å². The lowest BCUT2D eigenvalue weighted by Gasteiger charge is -2.36. The predicted molar refractivity (Wildman–Crippen MR) is 127 cm³/mol. The molecule has 2 atom stereocenters. The molecule has 1 spiro atoms. The number of amides is 4. The first-order valence-corrected chi connectivity index (χ1v) is 12.0. The van der Waals surface area contributed by atoms with E-state index in [0.717, 1.165) is 54.8 Å². The summed E-state index contributed by atoms with van der Waals surface area (Å²) in [4.78, 5) is 46.7. The molecule has 9 nitrogen and oxygen atoms in total. The standard InChI is InChI=1S/C24H34N6O3/c1-4-28(5-2)14-15-29-19-12-7-6-11-18(19)25-22(29)26-20(31)16-30-21(32)24(27-23(30)33)13-9-8-10-17(24)3/h6-7,11-12,17H,4-5,8-10,13-16H2,1-3H3,(H,27,33)(H,25,26,31). The number of imide groups is 1. The van der Waals surface area contributed by atoms with Crippen molar-refractivity contribution in [3.8, 4) is 0 Å². The van der Waals surface area contributed by atoms with Crippen molar-refractivity contribution >= 4 is 34.8 Å². The maximum atomic E-state index is 13.2. The molecule has 1 saturated carbocycles. The van der Waals surface area contributed by atoms with E-state index < -0.39 is 17.5 Å². The lowest BCUT2D eigenvalue weighted by atomic mass is 9.73. The zero-order valence-electron chi connectivity index (χ0n) is 19.8. The van der Waals surface area contributed by atoms with Crippen LogP contribution in [0.3, 0.4) is 0 Å². The van der Waals surface area contributed by atoms with Gasteiger partial charge in [0.2, 0.25) is 11.9 Å². The van der Waals surface area contributed by atoms with Gasteiger partial charge in [0.25, 0.3) is 5.91 Å². The molecule has 2 N–H and O–H groups in total. The number of urea groups is 1. The maximum absolute atomic E-state index is 13.2. The normalized spacial score (nSPS) is 23.0. The van der Waals surface area contributed by atoms with Crippen LogP contribution in [0, 0.1) is 5.92 Å². The van der Waals surface area contributed by atoms with E-state index >= 15 is 0 Å². The van der Waals surface area contributed by atoms with E-state index in [-0.39, 0.29) is 18.4 Å². The van der Waals surface area contributed by atoms with Crippen LogP contribution in [0.4, 0.5) is 10.7 Å². The summed E-state index contributed by atoms with van der Waals surface area (Å²) in [6.45, 7) is 9.30. The Morgan fingerprint density at radius 3 is 2.73 bits per heavy atom. The molecule has 0 bridgehead atoms. The molecule has 2 fully saturated rings. The van der Waals surface area contributed by atoms with Crippen molar-refractivity contribution in [2.75, 3.05) is 31.5 Å². The first-order chi connectivity index (χ1) is 15.9. The van der Waals surface area contributed by atoms with Gasteiger partial charge in [-0.3, -0.25) is 19.8 Å². The Morgan fingerprint density at radius 2 is 2.00 bits per heavy atom. The fourth-order valence-electron chi connectivity index (χ4n) is 5.13. The van der Waals surface area contributed by atoms with Crippen LogP contribution in [-0.2, 0) is 16.1 Å². The lowest BCUT2D eigenvalue weighted by molar-refractivity contribution is -0.136. The zero-order chi connectivity index (χ0) is 23.6. The topological polar surface area (TPSA) is 99.6 Å². The molecule has 2 aromatic rings. The van der Waals surface area contributed by atoms with Crippen LogP contribution in [0.5, 0.6) is 0 Å². The molecule has 1 aromatic carbocycles. The van der Waals surface area contributed by atoms with E-state index in [0.29, 0.717) is 18.9 Å². The smallest absolute Gasteiger partial charge is 0.323 e. The molecular formula is C24H34N6O3. The molecule has 178 valence electrons. The Labute approximate surface area is 194 Å². The number of carbonyl (C=O) groups is 3. The van der Waals surface area contributed by atoms with Gasteiger partial charge in [-0.15, -0.1) is 0 Å². The van der Waals surface area contributed by atoms with Crippen LogP contribution in [0.25, 0.3) is 11.0 Å². The number of fused-ring (bicyclic) bond motifs is 1. The van der Waals surface area contributed by atoms with Crippen LogP contribution >= 0.6 is 0 Å². The molecule has 1 saturated heterocycles. The first-order valence-electron chi connectivity index (χ1n) is 12.0. The van der Waals surface area contributed by atoms with Gasteiger partial charge >= 0.3 is 6.03 Å². The summed E-state index contributed by atoms with van der Waals surface area (Å²) >= 11 is 0. The number of aromatic nitrogens is 2. The van der Waals surface area contributed by atoms with Gasteiger partial charge in [-0.1, -0.05) is 45.7 Å². The third-order valence-corrected chi connectivity index (χ3v) is 7.24. The van der Waals surface area contributed by atoms with Crippen LogP contribution in [0.15, 0.2) is 24.3 Å². The number of para-hydroxylation sites is 2. The van der Waals surface area contributed by atoms with Crippen molar-refractivity contribution in [2.45, 2.75) is 58.5 Å². The molecule has 33 heavy (non-hydrogen) atoms. The Bertz CT molecular complexity index is 1050. The second-order valence-corrected chi connectivity index (χ2v) is 9.09. The van der Waals surface area contributed by atoms with E-state index in [9.17, 15) is 14.4 Å². The van der Waals surface area contributed by atoms with Crippen LogP contribution in [0.1, 0.15) is 46.5 Å². The number of anilines is 1. The highest BCUT2D eigenvalue weighted by Gasteiger charge is 2.55. The average Bonchev–Trinajstić information content (AvgIpc) is 3.26. The van der Waals surface area contributed by atoms with Gasteiger partial charge in [-0.05, 0) is 44.0 Å². The molecule has 1 aliphatic carbocycles. The van der Waals surface area contributed by atoms with Gasteiger partial charge < -0.3 is 14.8 Å². The number of likely N-dealkylation sites (N-methyl/N-ethyl adjacent to an activating group) is 1. The van der Waals surface area contributed by atoms with Gasteiger partial charge in [0.1, 0.15) is 12.1 Å². The number of rotatable bonds is 8. The summed E-state index contributed by atoms with van der Waals surface area (Å²) in [7, 11) is 0. The predicted octanol–water partition coefficient (Wildman–Crippen LogP) is 2.82. The first kappa shape index (κ1) is 23.2. The summed E-state index contributed by atoms with van der Waals surface area (Å²) in [6.07, 6.45) is 3.46. The minimum absolute atomic E-state index is 0.0556. The number of nitrogens with zero attached hydrogens (tertiary/aromatic N) is 4. The fraction of sp³-hybridized carbons (Fsp3) is 0.583. The molecule has 2 heterocycles. The fourth-order valence-corrected chi connectivity index (χ4v) is 5.13. The molecule has 2 unspecified atom stereocenters. The quantitative estimate of drug-likeness (QED) is 0.598. The Balaban J connectivity index is 1.50. The van der Waals surface area contributed by atoms with E-state index in [1.54, 1.807) is 0 Å². The third kappa shape index (κ3) is 4.34. The number of benzene rings is 1. The summed E-state index contributed by atoms with van der Waals surface area (Å²) in [6, 6.07) is 7.25. The van der Waals surface area contributed by atoms with E-state index in [2.05, 4.69) is 34.4 Å². The monoisotopic (exact) mass is 454 g/mol. The molecular weight excluding hydrogens is 420 g/mol. The van der Waals surface area contributed by atoms with E-state index in [4.69, 9.17) is 0 Å². The van der Waals surface area contributed by atoms with Crippen molar-refractivity contribution in [1.82, 2.24) is 24.7 Å². The largest absolute Gasteiger partial charge is 0.325 e. The highest BCUT2D eigenvalue weighted by Crippen LogP contribution is 2.38. The molecule has 1 aromatic heterocycles. The van der Waals surface area contributed by atoms with Crippen LogP contribution < -0.4 is 10.6 Å². The second-order valence-electron chi connectivity index (χ2n) is 9.09. The SMILES string of the molecule is CCN(CC)CCn1c(NC(=O)CN2C(=O)NC3(CCCCC3C)C2=O)nc2ccccc21. The number of nitrogens with one attached hydrogen (secondary N) is 2. The van der Waals surface area contributed by atoms with E-state index in [1.165, 1.54) is 0 Å². The molecule has 2 aliphatic rings. The summed E-state index contributed by atoms with van der Waals surface area (Å²) in [5.41, 5.74) is 0.856. The lowest BCUT2D eigenvalue weighted by Crippen LogP contribution is -2.54. The summed E-state index contributed by atoms with van der Waals surface area (Å²) in [5, 5.41) is 5.75. The molecule has 0 radical (unpaired) electrons. The second kappa shape index (κ2) is 9.51. The minimum atomic E-state index is -0.869. The number of hydrogen-bond donors (Lipinski definition) is 2. The van der Waals surface area contributed by atoms with E-state index in [1.807, 2.05) is 35.8 Å². The minimum Gasteiger partial charge on any atom is -0.323 e. The Kier molecular flexibility index (Phi) is 6.69. The highest BCUT2D eigenvalue weighted by molar-refractivity contribution is 6.10. The van der Waals surface area contributed by atoms with Crippen LogP contribution in [0.2, 0.25) is 0 Å². The summed E-state index contributed by atoms with van der Waals surface area (Å²) in [5.74, 6) is -0.232. The molecule has 4 amide bonds. The maximum Gasteiger partial charge on any atom is 0.325 e. The zero-order valence-corrected chi connectivity index (χ0v) is 19.8. The van der Waals surface area contributed by atoms with Crippen molar-refractivity contribution in [2.24, 2.45) is 5.92 Å².